The second-order valence-corrected chi connectivity index (χ2v) is 12.0. The average Bonchev–Trinajstić information content (AvgIpc) is 2.97. The lowest BCUT2D eigenvalue weighted by atomic mass is 9.68. The van der Waals surface area contributed by atoms with E-state index in [1.807, 2.05) is 0 Å². The first-order chi connectivity index (χ1) is 18.8. The summed E-state index contributed by atoms with van der Waals surface area (Å²) in [6.07, 6.45) is 16.5. The van der Waals surface area contributed by atoms with Crippen LogP contribution in [0.2, 0.25) is 0 Å². The molecule has 5 nitrogen and oxygen atoms in total. The first-order valence-corrected chi connectivity index (χ1v) is 15.2. The molecule has 2 saturated carbocycles. The van der Waals surface area contributed by atoms with Crippen molar-refractivity contribution >= 4 is 11.9 Å². The predicted molar refractivity (Wildman–Crippen MR) is 156 cm³/mol. The molecule has 2 aliphatic rings. The maximum Gasteiger partial charge on any atom is 0.335 e. The lowest BCUT2D eigenvalue weighted by molar-refractivity contribution is -0.142. The second kappa shape index (κ2) is 16.0. The van der Waals surface area contributed by atoms with E-state index in [1.165, 1.54) is 82.6 Å². The van der Waals surface area contributed by atoms with Crippen molar-refractivity contribution in [2.75, 3.05) is 19.8 Å². The van der Waals surface area contributed by atoms with Crippen LogP contribution in [0.4, 0.5) is 0 Å². The monoisotopic (exact) mass is 538 g/mol. The number of aliphatic hydroxyl groups excluding tert-OH is 1. The van der Waals surface area contributed by atoms with Crippen LogP contribution in [0.5, 0.6) is 0 Å². The number of hydrogen-bond donors (Lipinski definition) is 1. The summed E-state index contributed by atoms with van der Waals surface area (Å²) >= 11 is 0. The molecule has 216 valence electrons. The quantitative estimate of drug-likeness (QED) is 0.150. The summed E-state index contributed by atoms with van der Waals surface area (Å²) in [7, 11) is 0. The van der Waals surface area contributed by atoms with Gasteiger partial charge < -0.3 is 14.6 Å². The molecule has 2 fully saturated rings. The van der Waals surface area contributed by atoms with E-state index in [0.717, 1.165) is 23.3 Å². The predicted octanol–water partition coefficient (Wildman–Crippen LogP) is 7.64. The summed E-state index contributed by atoms with van der Waals surface area (Å²) in [5, 5.41) is 9.14. The fraction of sp³-hybridized carbons (Fsp3) is 0.647. The second-order valence-electron chi connectivity index (χ2n) is 12.0. The summed E-state index contributed by atoms with van der Waals surface area (Å²) < 4.78 is 10.7. The van der Waals surface area contributed by atoms with Crippen molar-refractivity contribution in [1.29, 1.82) is 0 Å². The van der Waals surface area contributed by atoms with Gasteiger partial charge in [0, 0.05) is 5.57 Å². The van der Waals surface area contributed by atoms with Gasteiger partial charge in [0.15, 0.2) is 0 Å². The third-order valence-electron chi connectivity index (χ3n) is 9.08. The van der Waals surface area contributed by atoms with Gasteiger partial charge >= 0.3 is 11.9 Å². The van der Waals surface area contributed by atoms with Gasteiger partial charge in [-0.2, -0.15) is 0 Å². The Morgan fingerprint density at radius 3 is 1.97 bits per heavy atom. The van der Waals surface area contributed by atoms with Crippen LogP contribution >= 0.6 is 0 Å². The molecule has 2 aliphatic carbocycles. The van der Waals surface area contributed by atoms with Gasteiger partial charge in [-0.25, -0.2) is 9.59 Å². The minimum atomic E-state index is -0.646. The van der Waals surface area contributed by atoms with Crippen molar-refractivity contribution in [3.63, 3.8) is 0 Å². The van der Waals surface area contributed by atoms with Crippen molar-refractivity contribution in [3.05, 3.63) is 59.7 Å². The lowest BCUT2D eigenvalue weighted by Crippen LogP contribution is -2.25. The standard InChI is InChI=1S/C34H50O5/c1-5-6-7-8-26-9-11-27(12-10-26)28-13-15-29(16-14-28)30-17-19-31(20-18-30)32(22-38-33(36)24(2)3)23-39-34(37)25(4)21-35/h17-20,26-29,32,35H,2,4-16,21-23H2,1,3H3. The fourth-order valence-corrected chi connectivity index (χ4v) is 6.48. The molecule has 0 radical (unpaired) electrons. The van der Waals surface area contributed by atoms with E-state index in [1.54, 1.807) is 6.92 Å². The van der Waals surface area contributed by atoms with E-state index in [0.29, 0.717) is 11.5 Å². The zero-order chi connectivity index (χ0) is 28.2. The highest BCUT2D eigenvalue weighted by molar-refractivity contribution is 5.88. The Morgan fingerprint density at radius 1 is 0.872 bits per heavy atom. The molecule has 39 heavy (non-hydrogen) atoms. The maximum absolute atomic E-state index is 12.0. The molecule has 0 aliphatic heterocycles. The van der Waals surface area contributed by atoms with Crippen molar-refractivity contribution in [2.45, 2.75) is 103 Å². The highest BCUT2D eigenvalue weighted by Crippen LogP contribution is 2.44. The molecule has 1 aromatic carbocycles. The number of rotatable bonds is 14. The Balaban J connectivity index is 1.52. The zero-order valence-electron chi connectivity index (χ0n) is 24.3. The average molecular weight is 539 g/mol. The Hall–Kier alpha value is -2.40. The van der Waals surface area contributed by atoms with Gasteiger partial charge in [-0.3, -0.25) is 0 Å². The molecule has 1 N–H and O–H groups in total. The topological polar surface area (TPSA) is 72.8 Å². The molecule has 0 heterocycles. The molecule has 0 amide bonds. The highest BCUT2D eigenvalue weighted by atomic mass is 16.5. The zero-order valence-corrected chi connectivity index (χ0v) is 24.3. The van der Waals surface area contributed by atoms with Crippen LogP contribution in [0, 0.1) is 17.8 Å². The Kier molecular flexibility index (Phi) is 12.8. The van der Waals surface area contributed by atoms with Crippen LogP contribution in [-0.4, -0.2) is 36.9 Å². The summed E-state index contributed by atoms with van der Waals surface area (Å²) in [5.74, 6) is 1.97. The van der Waals surface area contributed by atoms with E-state index in [-0.39, 0.29) is 24.7 Å². The van der Waals surface area contributed by atoms with Crippen molar-refractivity contribution in [3.8, 4) is 0 Å². The van der Waals surface area contributed by atoms with Crippen LogP contribution in [0.25, 0.3) is 0 Å². The van der Waals surface area contributed by atoms with E-state index in [9.17, 15) is 9.59 Å². The molecule has 3 rings (SSSR count). The highest BCUT2D eigenvalue weighted by Gasteiger charge is 2.31. The number of ether oxygens (including phenoxy) is 2. The summed E-state index contributed by atoms with van der Waals surface area (Å²) in [4.78, 5) is 24.0. The molecule has 0 saturated heterocycles. The molecule has 5 heteroatoms. The molecule has 1 atom stereocenters. The Labute approximate surface area is 236 Å². The van der Waals surface area contributed by atoms with Gasteiger partial charge in [-0.15, -0.1) is 0 Å². The van der Waals surface area contributed by atoms with Gasteiger partial charge in [-0.05, 0) is 80.2 Å². The SMILES string of the molecule is C=C(C)C(=O)OCC(COC(=O)C(=C)CO)c1ccc(C2CCC(C3CCC(CCCCC)CC3)CC2)cc1. The summed E-state index contributed by atoms with van der Waals surface area (Å²) in [5.41, 5.74) is 2.63. The number of esters is 2. The smallest absolute Gasteiger partial charge is 0.335 e. The molecule has 1 aromatic rings. The van der Waals surface area contributed by atoms with E-state index in [2.05, 4.69) is 44.3 Å². The number of benzene rings is 1. The number of carbonyl (C=O) groups is 2. The number of aliphatic hydroxyl groups is 1. The Bertz CT molecular complexity index is 933. The van der Waals surface area contributed by atoms with Crippen molar-refractivity contribution < 1.29 is 24.2 Å². The van der Waals surface area contributed by atoms with Crippen LogP contribution in [-0.2, 0) is 19.1 Å². The number of hydrogen-bond acceptors (Lipinski definition) is 5. The number of unbranched alkanes of at least 4 members (excludes halogenated alkanes) is 2. The summed E-state index contributed by atoms with van der Waals surface area (Å²) in [6, 6.07) is 8.50. The third kappa shape index (κ3) is 9.63. The lowest BCUT2D eigenvalue weighted by Gasteiger charge is -2.38. The van der Waals surface area contributed by atoms with Gasteiger partial charge in [-0.1, -0.05) is 82.9 Å². The van der Waals surface area contributed by atoms with E-state index in [4.69, 9.17) is 14.6 Å². The normalized spacial score (nSPS) is 24.0. The molecular weight excluding hydrogens is 488 g/mol. The van der Waals surface area contributed by atoms with Gasteiger partial charge in [0.2, 0.25) is 0 Å². The molecule has 0 bridgehead atoms. The van der Waals surface area contributed by atoms with E-state index >= 15 is 0 Å². The van der Waals surface area contributed by atoms with Crippen molar-refractivity contribution in [2.24, 2.45) is 17.8 Å². The summed E-state index contributed by atoms with van der Waals surface area (Å²) in [6.45, 7) is 10.7. The van der Waals surface area contributed by atoms with Crippen molar-refractivity contribution in [1.82, 2.24) is 0 Å². The minimum Gasteiger partial charge on any atom is -0.462 e. The largest absolute Gasteiger partial charge is 0.462 e. The molecular formula is C34H50O5. The van der Waals surface area contributed by atoms with E-state index < -0.39 is 18.5 Å². The molecule has 0 spiro atoms. The third-order valence-corrected chi connectivity index (χ3v) is 9.08. The van der Waals surface area contributed by atoms with Crippen LogP contribution < -0.4 is 0 Å². The van der Waals surface area contributed by atoms with Gasteiger partial charge in [0.05, 0.1) is 18.1 Å². The van der Waals surface area contributed by atoms with Crippen LogP contribution in [0.1, 0.15) is 114 Å². The Morgan fingerprint density at radius 2 is 1.44 bits per heavy atom. The van der Waals surface area contributed by atoms with Gasteiger partial charge in [0.1, 0.15) is 13.2 Å². The maximum atomic E-state index is 12.0. The molecule has 1 unspecified atom stereocenters. The van der Waals surface area contributed by atoms with Crippen LogP contribution in [0.3, 0.4) is 0 Å². The number of carbonyl (C=O) groups excluding carboxylic acids is 2. The van der Waals surface area contributed by atoms with Crippen LogP contribution in [0.15, 0.2) is 48.6 Å². The van der Waals surface area contributed by atoms with Gasteiger partial charge in [0.25, 0.3) is 0 Å². The fourth-order valence-electron chi connectivity index (χ4n) is 6.48. The first kappa shape index (κ1) is 31.1. The minimum absolute atomic E-state index is 0.00125. The molecule has 0 aromatic heterocycles. The first-order valence-electron chi connectivity index (χ1n) is 15.2.